The fraction of sp³-hybridized carbons (Fsp3) is 1.00. The summed E-state index contributed by atoms with van der Waals surface area (Å²) in [6.45, 7) is 0. The average Bonchev–Trinajstić information content (AvgIpc) is 1.96. The van der Waals surface area contributed by atoms with Gasteiger partial charge in [0.1, 0.15) is 0 Å². The van der Waals surface area contributed by atoms with Crippen LogP contribution in [0.5, 0.6) is 0 Å². The van der Waals surface area contributed by atoms with E-state index in [1.54, 1.807) is 0 Å². The Kier molecular flexibility index (Phi) is 5.94. The molecule has 2 atom stereocenters. The van der Waals surface area contributed by atoms with Crippen molar-refractivity contribution < 1.29 is 26.7 Å². The first kappa shape index (κ1) is 19.6. The van der Waals surface area contributed by atoms with E-state index in [1.807, 2.05) is 0 Å². The number of hydrogen-bond acceptors (Lipinski definition) is 1. The third-order valence-electron chi connectivity index (χ3n) is 1.31. The summed E-state index contributed by atoms with van der Waals surface area (Å²) in [7, 11) is 0. The Labute approximate surface area is 132 Å². The lowest BCUT2D eigenvalue weighted by atomic mass is 10.4. The van der Waals surface area contributed by atoms with Crippen LogP contribution in [0, 0.1) is 0 Å². The van der Waals surface area contributed by atoms with Gasteiger partial charge in [-0.1, -0.05) is 58.0 Å². The van der Waals surface area contributed by atoms with Crippen LogP contribution in [-0.4, -0.2) is 24.9 Å². The molecule has 0 saturated heterocycles. The zero-order valence-electron chi connectivity index (χ0n) is 7.44. The molecule has 0 saturated carbocycles. The Morgan fingerprint density at radius 2 is 0.944 bits per heavy atom. The van der Waals surface area contributed by atoms with Crippen LogP contribution in [0.4, 0.5) is 22.0 Å². The minimum Gasteiger partial charge on any atom is -0.273 e. The molecule has 0 amide bonds. The van der Waals surface area contributed by atoms with Crippen LogP contribution in [0.2, 0.25) is 0 Å². The van der Waals surface area contributed by atoms with E-state index in [9.17, 15) is 22.0 Å². The molecule has 0 N–H and O–H groups in total. The summed E-state index contributed by atoms with van der Waals surface area (Å²) >= 11 is 32.1. The van der Waals surface area contributed by atoms with Crippen LogP contribution in [0.15, 0.2) is 0 Å². The Morgan fingerprint density at radius 1 is 0.611 bits per heavy atom. The molecule has 0 rings (SSSR count). The first-order chi connectivity index (χ1) is 7.46. The summed E-state index contributed by atoms with van der Waals surface area (Å²) in [5, 5.41) is -9.33. The highest BCUT2D eigenvalue weighted by molar-refractivity contribution is 6.68. The van der Waals surface area contributed by atoms with Gasteiger partial charge in [-0.25, -0.2) is 0 Å². The van der Waals surface area contributed by atoms with E-state index in [0.717, 1.165) is 0 Å². The van der Waals surface area contributed by atoms with E-state index < -0.39 is 24.9 Å². The smallest absolute Gasteiger partial charge is 0.273 e. The predicted molar refractivity (Wildman–Crippen MR) is 61.3 cm³/mol. The molecule has 0 aromatic rings. The van der Waals surface area contributed by atoms with Crippen LogP contribution in [-0.2, 0) is 4.74 Å². The van der Waals surface area contributed by atoms with Crippen molar-refractivity contribution in [3.05, 3.63) is 0 Å². The number of hydrogen-bond donors (Lipinski definition) is 0. The van der Waals surface area contributed by atoms with E-state index in [0.29, 0.717) is 0 Å². The molecule has 0 bridgehead atoms. The van der Waals surface area contributed by atoms with Gasteiger partial charge < -0.3 is 0 Å². The van der Waals surface area contributed by atoms with E-state index in [1.165, 1.54) is 0 Å². The summed E-state index contributed by atoms with van der Waals surface area (Å²) in [6, 6.07) is 0. The molecule has 0 fully saturated rings. The number of rotatable bonds is 4. The minimum absolute atomic E-state index is 3.14. The first-order valence-corrected chi connectivity index (χ1v) is 6.07. The molecule has 0 aliphatic rings. The van der Waals surface area contributed by atoms with Gasteiger partial charge >= 0.3 is 21.1 Å². The Bertz CT molecular complexity index is 308. The number of alkyl halides is 12. The molecule has 0 aromatic carbocycles. The first-order valence-electron chi connectivity index (χ1n) is 3.43. The monoisotopic (exact) mass is 416 g/mol. The van der Waals surface area contributed by atoms with E-state index in [4.69, 9.17) is 34.8 Å². The fourth-order valence-corrected chi connectivity index (χ4v) is 1.43. The second-order valence-corrected chi connectivity index (χ2v) is 7.19. The Hall–Kier alpha value is 1.64. The molecule has 13 heteroatoms. The van der Waals surface area contributed by atoms with Crippen LogP contribution >= 0.6 is 81.2 Å². The minimum atomic E-state index is -5.13. The molecule has 2 unspecified atom stereocenters. The Balaban J connectivity index is 5.33. The molecular weight excluding hydrogens is 419 g/mol. The normalized spacial score (nSPS) is 21.3. The summed E-state index contributed by atoms with van der Waals surface area (Å²) in [4.78, 5) is 0. The summed E-state index contributed by atoms with van der Waals surface area (Å²) in [6.07, 6.45) is 0. The van der Waals surface area contributed by atoms with Crippen LogP contribution < -0.4 is 0 Å². The molecule has 0 heterocycles. The Morgan fingerprint density at radius 3 is 1.17 bits per heavy atom. The lowest BCUT2D eigenvalue weighted by Crippen LogP contribution is -2.55. The molecular formula is C5Cl7F5O. The fourth-order valence-electron chi connectivity index (χ4n) is 0.448. The lowest BCUT2D eigenvalue weighted by molar-refractivity contribution is -0.289. The maximum Gasteiger partial charge on any atom is 0.366 e. The average molecular weight is 419 g/mol. The van der Waals surface area contributed by atoms with Crippen molar-refractivity contribution in [3.63, 3.8) is 0 Å². The molecule has 0 spiro atoms. The quantitative estimate of drug-likeness (QED) is 0.412. The molecule has 0 aromatic heterocycles. The summed E-state index contributed by atoms with van der Waals surface area (Å²) in [5.41, 5.74) is 0. The van der Waals surface area contributed by atoms with E-state index in [-0.39, 0.29) is 0 Å². The van der Waals surface area contributed by atoms with Gasteiger partial charge in [-0.15, -0.1) is 0 Å². The van der Waals surface area contributed by atoms with Gasteiger partial charge in [0.15, 0.2) is 0 Å². The summed E-state index contributed by atoms with van der Waals surface area (Å²) in [5.74, 6) is -5.13. The third-order valence-corrected chi connectivity index (χ3v) is 3.35. The van der Waals surface area contributed by atoms with Gasteiger partial charge in [-0.3, -0.25) is 4.74 Å². The highest BCUT2D eigenvalue weighted by Gasteiger charge is 2.71. The van der Waals surface area contributed by atoms with Gasteiger partial charge in [0, 0.05) is 0 Å². The van der Waals surface area contributed by atoms with Crippen LogP contribution in [0.1, 0.15) is 0 Å². The van der Waals surface area contributed by atoms with Gasteiger partial charge in [0.25, 0.3) is 3.79 Å². The maximum atomic E-state index is 13.3. The SMILES string of the molecule is FC(Cl)(Cl)C(F)(Cl)OC(F)(Cl)C(F)(F)C(Cl)(Cl)Cl. The van der Waals surface area contributed by atoms with Crippen molar-refractivity contribution in [2.24, 2.45) is 0 Å². The topological polar surface area (TPSA) is 9.23 Å². The molecule has 0 aliphatic carbocycles. The van der Waals surface area contributed by atoms with Gasteiger partial charge in [0.05, 0.1) is 0 Å². The van der Waals surface area contributed by atoms with Crippen molar-refractivity contribution in [2.45, 2.75) is 24.9 Å². The standard InChI is InChI=1S/C5Cl7F5O/c6-2(7,8)1(13,14)4(11,16)18-5(12,17)3(9,10)15. The zero-order valence-corrected chi connectivity index (χ0v) is 12.7. The molecule has 0 aliphatic heterocycles. The van der Waals surface area contributed by atoms with Gasteiger partial charge in [-0.2, -0.15) is 22.0 Å². The zero-order chi connectivity index (χ0) is 15.2. The highest BCUT2D eigenvalue weighted by Crippen LogP contribution is 2.56. The molecule has 110 valence electrons. The predicted octanol–water partition coefficient (Wildman–Crippen LogP) is 5.83. The second kappa shape index (κ2) is 5.44. The molecule has 18 heavy (non-hydrogen) atoms. The van der Waals surface area contributed by atoms with Crippen molar-refractivity contribution in [3.8, 4) is 0 Å². The van der Waals surface area contributed by atoms with Crippen molar-refractivity contribution in [1.29, 1.82) is 0 Å². The van der Waals surface area contributed by atoms with E-state index >= 15 is 0 Å². The highest BCUT2D eigenvalue weighted by atomic mass is 35.6. The van der Waals surface area contributed by atoms with Crippen molar-refractivity contribution in [1.82, 2.24) is 0 Å². The van der Waals surface area contributed by atoms with E-state index in [2.05, 4.69) is 51.1 Å². The largest absolute Gasteiger partial charge is 0.366 e. The van der Waals surface area contributed by atoms with Crippen LogP contribution in [0.3, 0.4) is 0 Å². The second-order valence-electron chi connectivity index (χ2n) is 2.71. The molecule has 0 radical (unpaired) electrons. The van der Waals surface area contributed by atoms with Crippen LogP contribution in [0.25, 0.3) is 0 Å². The summed E-state index contributed by atoms with van der Waals surface area (Å²) < 4.78 is 60.8. The van der Waals surface area contributed by atoms with Gasteiger partial charge in [0.2, 0.25) is 0 Å². The van der Waals surface area contributed by atoms with Crippen molar-refractivity contribution >= 4 is 81.2 Å². The maximum absolute atomic E-state index is 13.3. The molecule has 1 nitrogen and oxygen atoms in total. The van der Waals surface area contributed by atoms with Gasteiger partial charge in [-0.05, 0) is 23.2 Å². The number of ether oxygens (including phenoxy) is 1. The number of halogens is 12. The van der Waals surface area contributed by atoms with Crippen molar-refractivity contribution in [2.75, 3.05) is 0 Å². The third kappa shape index (κ3) is 4.07. The lowest BCUT2D eigenvalue weighted by Gasteiger charge is -2.36.